The third-order valence-electron chi connectivity index (χ3n) is 4.61. The molecule has 0 saturated heterocycles. The van der Waals surface area contributed by atoms with Crippen LogP contribution in [0, 0.1) is 0 Å². The van der Waals surface area contributed by atoms with Gasteiger partial charge in [-0.3, -0.25) is 4.90 Å². The largest absolute Gasteiger partial charge is 0.492 e. The number of aliphatic hydroxyl groups is 1. The van der Waals surface area contributed by atoms with Gasteiger partial charge in [0.25, 0.3) is 10.0 Å². The first-order valence-electron chi connectivity index (χ1n) is 10.1. The third-order valence-corrected chi connectivity index (χ3v) is 6.31. The van der Waals surface area contributed by atoms with E-state index in [1.807, 2.05) is 25.2 Å². The second kappa shape index (κ2) is 11.4. The molecule has 0 spiro atoms. The van der Waals surface area contributed by atoms with Gasteiger partial charge in [-0.05, 0) is 44.3 Å². The van der Waals surface area contributed by atoms with E-state index in [0.717, 1.165) is 29.8 Å². The van der Waals surface area contributed by atoms with Gasteiger partial charge in [-0.15, -0.1) is 0 Å². The van der Waals surface area contributed by atoms with Crippen LogP contribution in [-0.4, -0.2) is 66.5 Å². The van der Waals surface area contributed by atoms with Crippen molar-refractivity contribution in [3.63, 3.8) is 0 Å². The zero-order chi connectivity index (χ0) is 25.5. The van der Waals surface area contributed by atoms with Crippen molar-refractivity contribution in [3.8, 4) is 5.75 Å². The number of likely N-dealkylation sites (N-methyl/N-ethyl adjacent to an activating group) is 1. The van der Waals surface area contributed by atoms with E-state index in [4.69, 9.17) is 19.7 Å². The van der Waals surface area contributed by atoms with E-state index in [2.05, 4.69) is 4.90 Å². The molecule has 0 saturated carbocycles. The Kier molecular flexibility index (Phi) is 9.07. The van der Waals surface area contributed by atoms with Gasteiger partial charge in [-0.2, -0.15) is 13.2 Å². The van der Waals surface area contributed by atoms with E-state index in [1.54, 1.807) is 43.5 Å². The number of carboxylic acid groups (broad SMARTS) is 1. The Balaban J connectivity index is 0.000000348. The fraction of sp³-hybridized carbons (Fsp3) is 0.318. The van der Waals surface area contributed by atoms with Crippen LogP contribution in [0.1, 0.15) is 12.5 Å². The number of aromatic nitrogens is 1. The highest BCUT2D eigenvalue weighted by atomic mass is 32.2. The molecule has 1 aliphatic heterocycles. The van der Waals surface area contributed by atoms with Crippen molar-refractivity contribution in [3.05, 3.63) is 60.3 Å². The molecule has 186 valence electrons. The number of hydrogen-bond donors (Lipinski definition) is 2. The molecule has 2 N–H and O–H groups in total. The summed E-state index contributed by atoms with van der Waals surface area (Å²) in [5.41, 5.74) is 1.71. The fourth-order valence-corrected chi connectivity index (χ4v) is 4.47. The minimum atomic E-state index is -5.08. The number of rotatable bonds is 2. The summed E-state index contributed by atoms with van der Waals surface area (Å²) >= 11 is 0. The Morgan fingerprint density at radius 1 is 1.12 bits per heavy atom. The van der Waals surface area contributed by atoms with Crippen molar-refractivity contribution in [1.82, 2.24) is 8.87 Å². The number of aliphatic carboxylic acids is 1. The Morgan fingerprint density at radius 3 is 2.26 bits per heavy atom. The fourth-order valence-electron chi connectivity index (χ4n) is 3.11. The van der Waals surface area contributed by atoms with E-state index in [-0.39, 0.29) is 11.5 Å². The highest BCUT2D eigenvalue weighted by molar-refractivity contribution is 7.90. The normalized spacial score (nSPS) is 13.9. The number of carboxylic acids is 1. The number of ether oxygens (including phenoxy) is 1. The number of hydrogen-bond acceptors (Lipinski definition) is 6. The Morgan fingerprint density at radius 2 is 1.71 bits per heavy atom. The number of halogens is 3. The number of alkyl halides is 3. The average molecular weight is 503 g/mol. The number of fused-ring (bicyclic) bond motifs is 3. The summed E-state index contributed by atoms with van der Waals surface area (Å²) in [7, 11) is -1.57. The van der Waals surface area contributed by atoms with Gasteiger partial charge in [-0.1, -0.05) is 18.2 Å². The molecule has 0 atom stereocenters. The number of aliphatic hydroxyl groups excluding tert-OH is 1. The Bertz CT molecular complexity index is 1210. The summed E-state index contributed by atoms with van der Waals surface area (Å²) in [5, 5.41) is 15.6. The van der Waals surface area contributed by atoms with Gasteiger partial charge in [0, 0.05) is 36.8 Å². The molecule has 2 aromatic carbocycles. The van der Waals surface area contributed by atoms with Crippen LogP contribution >= 0.6 is 0 Å². The van der Waals surface area contributed by atoms with Crippen LogP contribution < -0.4 is 4.74 Å². The first-order chi connectivity index (χ1) is 15.9. The predicted octanol–water partition coefficient (Wildman–Crippen LogP) is 3.33. The highest BCUT2D eigenvalue weighted by Gasteiger charge is 2.38. The summed E-state index contributed by atoms with van der Waals surface area (Å²) in [6, 6.07) is 14.0. The quantitative estimate of drug-likeness (QED) is 0.553. The van der Waals surface area contributed by atoms with Crippen LogP contribution in [0.3, 0.4) is 0 Å². The molecule has 34 heavy (non-hydrogen) atoms. The number of nitrogens with zero attached hydrogens (tertiary/aromatic N) is 2. The minimum absolute atomic E-state index is 0.250. The van der Waals surface area contributed by atoms with Crippen molar-refractivity contribution in [1.29, 1.82) is 0 Å². The summed E-state index contributed by atoms with van der Waals surface area (Å²) in [4.78, 5) is 11.4. The van der Waals surface area contributed by atoms with Gasteiger partial charge in [-0.25, -0.2) is 17.2 Å². The van der Waals surface area contributed by atoms with Gasteiger partial charge in [0.15, 0.2) is 0 Å². The van der Waals surface area contributed by atoms with E-state index in [1.165, 1.54) is 3.97 Å². The van der Waals surface area contributed by atoms with Crippen LogP contribution in [0.2, 0.25) is 0 Å². The van der Waals surface area contributed by atoms with E-state index in [9.17, 15) is 21.6 Å². The minimum Gasteiger partial charge on any atom is -0.492 e. The molecule has 2 heterocycles. The summed E-state index contributed by atoms with van der Waals surface area (Å²) in [5.74, 6) is -1.92. The lowest BCUT2D eigenvalue weighted by Gasteiger charge is -2.13. The lowest BCUT2D eigenvalue weighted by Crippen LogP contribution is -2.21. The van der Waals surface area contributed by atoms with Gasteiger partial charge < -0.3 is 14.9 Å². The smallest absolute Gasteiger partial charge is 0.490 e. The molecule has 0 radical (unpaired) electrons. The molecule has 0 bridgehead atoms. The topological polar surface area (TPSA) is 109 Å². The maximum atomic E-state index is 12.9. The summed E-state index contributed by atoms with van der Waals surface area (Å²) in [6.45, 7) is 4.15. The van der Waals surface area contributed by atoms with Crippen LogP contribution in [0.15, 0.2) is 59.6 Å². The van der Waals surface area contributed by atoms with Crippen LogP contribution in [-0.2, 0) is 21.4 Å². The third kappa shape index (κ3) is 6.49. The number of benzene rings is 2. The molecule has 0 fully saturated rings. The second-order valence-electron chi connectivity index (χ2n) is 7.11. The zero-order valence-electron chi connectivity index (χ0n) is 18.5. The first-order valence-corrected chi connectivity index (χ1v) is 11.5. The molecule has 8 nitrogen and oxygen atoms in total. The molecule has 12 heteroatoms. The first kappa shape index (κ1) is 27.2. The van der Waals surface area contributed by atoms with E-state index in [0.29, 0.717) is 12.1 Å². The summed E-state index contributed by atoms with van der Waals surface area (Å²) < 4.78 is 64.8. The molecule has 0 amide bonds. The molecule has 0 aliphatic carbocycles. The monoisotopic (exact) mass is 502 g/mol. The van der Waals surface area contributed by atoms with Gasteiger partial charge in [0.05, 0.1) is 10.4 Å². The maximum absolute atomic E-state index is 12.9. The summed E-state index contributed by atoms with van der Waals surface area (Å²) in [6.07, 6.45) is -3.46. The molecule has 3 aromatic rings. The van der Waals surface area contributed by atoms with Gasteiger partial charge in [0.2, 0.25) is 0 Å². The van der Waals surface area contributed by atoms with Crippen molar-refractivity contribution in [2.24, 2.45) is 0 Å². The Labute approximate surface area is 194 Å². The second-order valence-corrected chi connectivity index (χ2v) is 8.93. The highest BCUT2D eigenvalue weighted by Crippen LogP contribution is 2.33. The van der Waals surface area contributed by atoms with Crippen molar-refractivity contribution in [2.75, 3.05) is 26.8 Å². The standard InChI is InChI=1S/C18H18N2O3S.C2HF3O2.C2H6O/c1-19-11-12-23-18-8-7-17-15(16(18)13-19)9-10-20(17)24(21,22)14-5-3-2-4-6-14;3-2(4,5)1(6)7;1-2-3/h2-10H,11-13H2,1H3;(H,6,7);3H,2H2,1H3. The lowest BCUT2D eigenvalue weighted by molar-refractivity contribution is -0.192. The van der Waals surface area contributed by atoms with E-state index < -0.39 is 22.2 Å². The SMILES string of the molecule is CCO.CN1CCOc2ccc3c(ccn3S(=O)(=O)c3ccccc3)c2C1.O=C(O)C(F)(F)F. The average Bonchev–Trinajstić information content (AvgIpc) is 3.12. The van der Waals surface area contributed by atoms with Crippen LogP contribution in [0.4, 0.5) is 13.2 Å². The van der Waals surface area contributed by atoms with E-state index >= 15 is 0 Å². The molecular formula is C22H25F3N2O6S. The van der Waals surface area contributed by atoms with Gasteiger partial charge >= 0.3 is 12.1 Å². The van der Waals surface area contributed by atoms with Crippen LogP contribution in [0.25, 0.3) is 10.9 Å². The molecule has 1 aromatic heterocycles. The van der Waals surface area contributed by atoms with Crippen molar-refractivity contribution in [2.45, 2.75) is 24.5 Å². The van der Waals surface area contributed by atoms with Crippen LogP contribution in [0.5, 0.6) is 5.75 Å². The lowest BCUT2D eigenvalue weighted by atomic mass is 10.1. The molecule has 4 rings (SSSR count). The molecule has 0 unspecified atom stereocenters. The number of carbonyl (C=O) groups is 1. The Hall–Kier alpha value is -3.09. The van der Waals surface area contributed by atoms with Crippen molar-refractivity contribution < 1.29 is 41.3 Å². The van der Waals surface area contributed by atoms with Crippen molar-refractivity contribution >= 4 is 26.9 Å². The zero-order valence-corrected chi connectivity index (χ0v) is 19.3. The predicted molar refractivity (Wildman–Crippen MR) is 119 cm³/mol. The van der Waals surface area contributed by atoms with Gasteiger partial charge in [0.1, 0.15) is 12.4 Å². The maximum Gasteiger partial charge on any atom is 0.490 e. The molecular weight excluding hydrogens is 477 g/mol. The molecule has 1 aliphatic rings.